The first-order valence-corrected chi connectivity index (χ1v) is 6.05. The summed E-state index contributed by atoms with van der Waals surface area (Å²) < 4.78 is 56.8. The van der Waals surface area contributed by atoms with Crippen molar-refractivity contribution in [1.29, 1.82) is 0 Å². The molecule has 0 aliphatic carbocycles. The number of rotatable bonds is 3. The van der Waals surface area contributed by atoms with Crippen LogP contribution in [0.3, 0.4) is 0 Å². The van der Waals surface area contributed by atoms with Gasteiger partial charge in [0.25, 0.3) is 0 Å². The molecule has 1 aromatic rings. The Balaban J connectivity index is 2.31. The Hall–Kier alpha value is -1.14. The smallest absolute Gasteiger partial charge is 0.373 e. The molecule has 2 rings (SSSR count). The fourth-order valence-electron chi connectivity index (χ4n) is 2.41. The van der Waals surface area contributed by atoms with Gasteiger partial charge >= 0.3 is 6.18 Å². The lowest BCUT2D eigenvalue weighted by molar-refractivity contribution is -0.137. The number of hydrogen-bond donors (Lipinski definition) is 1. The first kappa shape index (κ1) is 14.3. The van der Waals surface area contributed by atoms with Gasteiger partial charge in [-0.05, 0) is 37.2 Å². The summed E-state index contributed by atoms with van der Waals surface area (Å²) in [6.45, 7) is 1.11. The van der Waals surface area contributed by atoms with Gasteiger partial charge in [0.05, 0.1) is 11.7 Å². The van der Waals surface area contributed by atoms with E-state index >= 15 is 0 Å². The molecule has 1 aliphatic rings. The Bertz CT molecular complexity index is 447. The molecule has 106 valence electrons. The fourth-order valence-corrected chi connectivity index (χ4v) is 2.41. The molecule has 0 radical (unpaired) electrons. The second-order valence-corrected chi connectivity index (χ2v) is 4.67. The highest BCUT2D eigenvalue weighted by atomic mass is 19.4. The molecule has 2 atom stereocenters. The lowest BCUT2D eigenvalue weighted by Gasteiger charge is -2.20. The molecule has 19 heavy (non-hydrogen) atoms. The molecule has 1 aromatic carbocycles. The largest absolute Gasteiger partial charge is 0.416 e. The van der Waals surface area contributed by atoms with E-state index in [1.54, 1.807) is 7.05 Å². The number of hydrogen-bond acceptors (Lipinski definition) is 2. The topological polar surface area (TPSA) is 21.3 Å². The maximum atomic E-state index is 13.4. The highest BCUT2D eigenvalue weighted by molar-refractivity contribution is 5.29. The highest BCUT2D eigenvalue weighted by Gasteiger charge is 2.34. The van der Waals surface area contributed by atoms with Crippen LogP contribution in [0.25, 0.3) is 0 Å². The van der Waals surface area contributed by atoms with Crippen molar-refractivity contribution in [2.24, 2.45) is 5.92 Å². The van der Waals surface area contributed by atoms with Crippen LogP contribution < -0.4 is 5.32 Å². The minimum Gasteiger partial charge on any atom is -0.373 e. The Labute approximate surface area is 108 Å². The third kappa shape index (κ3) is 3.25. The van der Waals surface area contributed by atoms with E-state index in [0.717, 1.165) is 18.6 Å². The Morgan fingerprint density at radius 2 is 2.05 bits per heavy atom. The normalized spacial score (nSPS) is 23.8. The average Bonchev–Trinajstić information content (AvgIpc) is 2.76. The summed E-state index contributed by atoms with van der Waals surface area (Å²) in [7, 11) is 1.77. The summed E-state index contributed by atoms with van der Waals surface area (Å²) in [5.41, 5.74) is -0.716. The Kier molecular flexibility index (Phi) is 4.10. The van der Waals surface area contributed by atoms with E-state index in [2.05, 4.69) is 5.32 Å². The minimum absolute atomic E-state index is 0.0629. The number of nitrogens with one attached hydrogen (secondary N) is 1. The lowest BCUT2D eigenvalue weighted by atomic mass is 9.94. The lowest BCUT2D eigenvalue weighted by Crippen LogP contribution is -2.22. The highest BCUT2D eigenvalue weighted by Crippen LogP contribution is 2.37. The van der Waals surface area contributed by atoms with Crippen molar-refractivity contribution in [2.45, 2.75) is 18.7 Å². The zero-order valence-electron chi connectivity index (χ0n) is 10.4. The molecule has 1 fully saturated rings. The van der Waals surface area contributed by atoms with Gasteiger partial charge in [0, 0.05) is 19.1 Å². The van der Waals surface area contributed by atoms with Gasteiger partial charge in [0.1, 0.15) is 5.82 Å². The molecule has 0 aromatic heterocycles. The summed E-state index contributed by atoms with van der Waals surface area (Å²) in [4.78, 5) is 0. The zero-order chi connectivity index (χ0) is 14.0. The molecule has 2 unspecified atom stereocenters. The van der Waals surface area contributed by atoms with Crippen molar-refractivity contribution < 1.29 is 22.3 Å². The Morgan fingerprint density at radius 1 is 1.32 bits per heavy atom. The number of ether oxygens (including phenoxy) is 1. The van der Waals surface area contributed by atoms with Gasteiger partial charge in [0.2, 0.25) is 0 Å². The summed E-state index contributed by atoms with van der Waals surface area (Å²) in [5, 5.41) is 2.97. The molecule has 1 heterocycles. The molecule has 0 saturated carbocycles. The van der Waals surface area contributed by atoms with E-state index in [9.17, 15) is 17.6 Å². The second kappa shape index (κ2) is 5.46. The maximum Gasteiger partial charge on any atom is 0.416 e. The van der Waals surface area contributed by atoms with Crippen LogP contribution in [-0.4, -0.2) is 20.2 Å². The van der Waals surface area contributed by atoms with E-state index in [0.29, 0.717) is 19.2 Å². The number of benzene rings is 1. The maximum absolute atomic E-state index is 13.4. The van der Waals surface area contributed by atoms with Crippen molar-refractivity contribution in [3.05, 3.63) is 35.1 Å². The standard InChI is InChI=1S/C13H15F4NO/c1-18-7-8-2-3-19-12(8)9-4-10(13(15,16)17)6-11(14)5-9/h4-6,8,12,18H,2-3,7H2,1H3. The number of halogens is 4. The van der Waals surface area contributed by atoms with Crippen LogP contribution in [0.2, 0.25) is 0 Å². The van der Waals surface area contributed by atoms with Crippen molar-refractivity contribution in [2.75, 3.05) is 20.2 Å². The van der Waals surface area contributed by atoms with Crippen LogP contribution in [0.4, 0.5) is 17.6 Å². The van der Waals surface area contributed by atoms with Crippen molar-refractivity contribution in [3.63, 3.8) is 0 Å². The van der Waals surface area contributed by atoms with E-state index < -0.39 is 23.7 Å². The summed E-state index contributed by atoms with van der Waals surface area (Å²) in [6, 6.07) is 2.60. The molecule has 0 bridgehead atoms. The van der Waals surface area contributed by atoms with Gasteiger partial charge < -0.3 is 10.1 Å². The fraction of sp³-hybridized carbons (Fsp3) is 0.538. The summed E-state index contributed by atoms with van der Waals surface area (Å²) in [6.07, 6.45) is -4.28. The van der Waals surface area contributed by atoms with Crippen LogP contribution in [0.1, 0.15) is 23.7 Å². The Morgan fingerprint density at radius 3 is 2.68 bits per heavy atom. The molecule has 2 nitrogen and oxygen atoms in total. The van der Waals surface area contributed by atoms with E-state index in [1.165, 1.54) is 0 Å². The molecule has 6 heteroatoms. The van der Waals surface area contributed by atoms with Gasteiger partial charge in [-0.2, -0.15) is 13.2 Å². The molecule has 1 aliphatic heterocycles. The predicted octanol–water partition coefficient (Wildman–Crippen LogP) is 3.14. The predicted molar refractivity (Wildman–Crippen MR) is 62.1 cm³/mol. The van der Waals surface area contributed by atoms with Crippen molar-refractivity contribution in [1.82, 2.24) is 5.32 Å². The first-order chi connectivity index (χ1) is 8.91. The molecular weight excluding hydrogens is 262 g/mol. The van der Waals surface area contributed by atoms with Crippen LogP contribution in [0.15, 0.2) is 18.2 Å². The SMILES string of the molecule is CNCC1CCOC1c1cc(F)cc(C(F)(F)F)c1. The summed E-state index contributed by atoms with van der Waals surface area (Å²) in [5.74, 6) is -0.823. The number of alkyl halides is 3. The monoisotopic (exact) mass is 277 g/mol. The molecular formula is C13H15F4NO. The minimum atomic E-state index is -4.55. The zero-order valence-corrected chi connectivity index (χ0v) is 10.4. The quantitative estimate of drug-likeness (QED) is 0.857. The van der Waals surface area contributed by atoms with Crippen LogP contribution in [-0.2, 0) is 10.9 Å². The average molecular weight is 277 g/mol. The van der Waals surface area contributed by atoms with E-state index in [4.69, 9.17) is 4.74 Å². The van der Waals surface area contributed by atoms with Crippen molar-refractivity contribution >= 4 is 0 Å². The molecule has 0 spiro atoms. The molecule has 1 N–H and O–H groups in total. The summed E-state index contributed by atoms with van der Waals surface area (Å²) >= 11 is 0. The second-order valence-electron chi connectivity index (χ2n) is 4.67. The molecule has 0 amide bonds. The third-order valence-corrected chi connectivity index (χ3v) is 3.26. The van der Waals surface area contributed by atoms with Gasteiger partial charge in [-0.1, -0.05) is 0 Å². The van der Waals surface area contributed by atoms with Gasteiger partial charge in [-0.15, -0.1) is 0 Å². The van der Waals surface area contributed by atoms with Crippen molar-refractivity contribution in [3.8, 4) is 0 Å². The van der Waals surface area contributed by atoms with Gasteiger partial charge in [0.15, 0.2) is 0 Å². The third-order valence-electron chi connectivity index (χ3n) is 3.26. The van der Waals surface area contributed by atoms with Crippen LogP contribution in [0, 0.1) is 11.7 Å². The van der Waals surface area contributed by atoms with E-state index in [-0.39, 0.29) is 11.5 Å². The molecule has 1 saturated heterocycles. The van der Waals surface area contributed by atoms with Gasteiger partial charge in [-0.25, -0.2) is 4.39 Å². The first-order valence-electron chi connectivity index (χ1n) is 6.05. The van der Waals surface area contributed by atoms with Crippen LogP contribution >= 0.6 is 0 Å². The van der Waals surface area contributed by atoms with Crippen LogP contribution in [0.5, 0.6) is 0 Å². The van der Waals surface area contributed by atoms with E-state index in [1.807, 2.05) is 0 Å². The van der Waals surface area contributed by atoms with Gasteiger partial charge in [-0.3, -0.25) is 0 Å².